The van der Waals surface area contributed by atoms with Gasteiger partial charge in [0, 0.05) is 17.1 Å². The number of rotatable bonds is 8. The molecule has 138 valence electrons. The first-order valence-electron chi connectivity index (χ1n) is 8.40. The summed E-state index contributed by atoms with van der Waals surface area (Å²) in [6.07, 6.45) is -0.189. The maximum atomic E-state index is 12.0. The Kier molecular flexibility index (Phi) is 7.48. The highest BCUT2D eigenvalue weighted by Gasteiger charge is 2.17. The Hall–Kier alpha value is -2.53. The molecule has 0 spiro atoms. The zero-order valence-electron chi connectivity index (χ0n) is 14.8. The molecule has 0 radical (unpaired) electrons. The third-order valence-electron chi connectivity index (χ3n) is 3.64. The number of hydrogen-bond acceptors (Lipinski definition) is 4. The van der Waals surface area contributed by atoms with E-state index in [-0.39, 0.29) is 12.3 Å². The zero-order chi connectivity index (χ0) is 18.9. The van der Waals surface area contributed by atoms with Crippen molar-refractivity contribution in [1.29, 1.82) is 0 Å². The molecule has 6 heteroatoms. The Morgan fingerprint density at radius 1 is 1.15 bits per heavy atom. The van der Waals surface area contributed by atoms with Gasteiger partial charge in [-0.25, -0.2) is 0 Å². The van der Waals surface area contributed by atoms with Crippen molar-refractivity contribution >= 4 is 29.2 Å². The molecule has 0 bridgehead atoms. The monoisotopic (exact) mass is 375 g/mol. The molecule has 5 nitrogen and oxygen atoms in total. The van der Waals surface area contributed by atoms with Crippen LogP contribution in [0.15, 0.2) is 48.5 Å². The van der Waals surface area contributed by atoms with Crippen molar-refractivity contribution in [2.75, 3.05) is 11.9 Å². The van der Waals surface area contributed by atoms with Gasteiger partial charge in [-0.15, -0.1) is 0 Å². The van der Waals surface area contributed by atoms with Crippen LogP contribution < -0.4 is 10.1 Å². The van der Waals surface area contributed by atoms with E-state index < -0.39 is 12.1 Å². The van der Waals surface area contributed by atoms with Crippen molar-refractivity contribution in [3.05, 3.63) is 59.1 Å². The highest BCUT2D eigenvalue weighted by atomic mass is 35.5. The zero-order valence-corrected chi connectivity index (χ0v) is 15.6. The quantitative estimate of drug-likeness (QED) is 0.549. The minimum atomic E-state index is -0.859. The number of para-hydroxylation sites is 1. The summed E-state index contributed by atoms with van der Waals surface area (Å²) in [5, 5.41) is 3.35. The van der Waals surface area contributed by atoms with Crippen molar-refractivity contribution in [3.63, 3.8) is 0 Å². The molecule has 0 unspecified atom stereocenters. The molecular weight excluding hydrogens is 354 g/mol. The van der Waals surface area contributed by atoms with E-state index in [0.717, 1.165) is 11.3 Å². The van der Waals surface area contributed by atoms with Crippen LogP contribution in [0.2, 0.25) is 5.02 Å². The average molecular weight is 376 g/mol. The molecule has 0 aliphatic heterocycles. The van der Waals surface area contributed by atoms with Gasteiger partial charge in [-0.3, -0.25) is 9.59 Å². The molecular formula is C20H22ClNO4. The summed E-state index contributed by atoms with van der Waals surface area (Å²) >= 11 is 5.90. The predicted octanol–water partition coefficient (Wildman–Crippen LogP) is 4.38. The van der Waals surface area contributed by atoms with E-state index >= 15 is 0 Å². The highest BCUT2D eigenvalue weighted by Crippen LogP contribution is 2.22. The first-order chi connectivity index (χ1) is 12.5. The topological polar surface area (TPSA) is 64.6 Å². The van der Waals surface area contributed by atoms with Crippen molar-refractivity contribution in [3.8, 4) is 5.75 Å². The van der Waals surface area contributed by atoms with Crippen LogP contribution in [0, 0.1) is 6.92 Å². The van der Waals surface area contributed by atoms with Gasteiger partial charge in [-0.1, -0.05) is 29.8 Å². The van der Waals surface area contributed by atoms with E-state index in [0.29, 0.717) is 23.7 Å². The minimum Gasteiger partial charge on any atom is -0.493 e. The van der Waals surface area contributed by atoms with Crippen LogP contribution in [0.25, 0.3) is 0 Å². The summed E-state index contributed by atoms with van der Waals surface area (Å²) in [5.74, 6) is -0.0619. The molecule has 0 aliphatic carbocycles. The van der Waals surface area contributed by atoms with E-state index in [1.165, 1.54) is 0 Å². The minimum absolute atomic E-state index is 0.176. The van der Waals surface area contributed by atoms with E-state index in [9.17, 15) is 9.59 Å². The van der Waals surface area contributed by atoms with E-state index in [2.05, 4.69) is 5.32 Å². The lowest BCUT2D eigenvalue weighted by Gasteiger charge is -2.14. The molecule has 1 atom stereocenters. The number of anilines is 1. The first-order valence-corrected chi connectivity index (χ1v) is 8.78. The lowest BCUT2D eigenvalue weighted by Crippen LogP contribution is -2.30. The summed E-state index contributed by atoms with van der Waals surface area (Å²) in [4.78, 5) is 23.9. The third-order valence-corrected chi connectivity index (χ3v) is 3.87. The van der Waals surface area contributed by atoms with Crippen molar-refractivity contribution < 1.29 is 19.1 Å². The molecule has 0 aliphatic rings. The number of nitrogens with one attached hydrogen (secondary N) is 1. The van der Waals surface area contributed by atoms with Gasteiger partial charge in [0.05, 0.1) is 6.61 Å². The first kappa shape index (κ1) is 19.8. The predicted molar refractivity (Wildman–Crippen MR) is 102 cm³/mol. The van der Waals surface area contributed by atoms with E-state index in [1.807, 2.05) is 31.2 Å². The fourth-order valence-corrected chi connectivity index (χ4v) is 2.48. The van der Waals surface area contributed by atoms with Crippen LogP contribution in [-0.2, 0) is 14.3 Å². The number of benzene rings is 2. The Labute approximate surface area is 158 Å². The number of ether oxygens (including phenoxy) is 2. The Morgan fingerprint density at radius 2 is 1.88 bits per heavy atom. The van der Waals surface area contributed by atoms with E-state index in [1.54, 1.807) is 31.2 Å². The number of aryl methyl sites for hydroxylation is 1. The van der Waals surface area contributed by atoms with Crippen LogP contribution in [0.4, 0.5) is 5.69 Å². The van der Waals surface area contributed by atoms with Gasteiger partial charge in [-0.2, -0.15) is 0 Å². The SMILES string of the molecule is Cc1cc(Cl)ccc1OCCCC(=O)O[C@H](C)C(=O)Nc1ccccc1. The molecule has 2 aromatic carbocycles. The molecule has 0 fully saturated rings. The third kappa shape index (κ3) is 6.41. The lowest BCUT2D eigenvalue weighted by atomic mass is 10.2. The molecule has 2 rings (SSSR count). The van der Waals surface area contributed by atoms with Crippen LogP contribution in [0.5, 0.6) is 5.75 Å². The second-order valence-electron chi connectivity index (χ2n) is 5.85. The highest BCUT2D eigenvalue weighted by molar-refractivity contribution is 6.30. The molecule has 2 aromatic rings. The number of amides is 1. The Balaban J connectivity index is 1.68. The summed E-state index contributed by atoms with van der Waals surface area (Å²) in [6.45, 7) is 3.83. The second kappa shape index (κ2) is 9.82. The standard InChI is InChI=1S/C20H22ClNO4/c1-14-13-16(21)10-11-18(14)25-12-6-9-19(23)26-15(2)20(24)22-17-7-4-3-5-8-17/h3-5,7-8,10-11,13,15H,6,9,12H2,1-2H3,(H,22,24)/t15-/m1/s1. The maximum absolute atomic E-state index is 12.0. The van der Waals surface area contributed by atoms with Gasteiger partial charge >= 0.3 is 5.97 Å². The van der Waals surface area contributed by atoms with Gasteiger partial charge < -0.3 is 14.8 Å². The number of esters is 1. The second-order valence-corrected chi connectivity index (χ2v) is 6.29. The van der Waals surface area contributed by atoms with Gasteiger partial charge in [0.1, 0.15) is 5.75 Å². The molecule has 26 heavy (non-hydrogen) atoms. The maximum Gasteiger partial charge on any atom is 0.306 e. The number of hydrogen-bond donors (Lipinski definition) is 1. The lowest BCUT2D eigenvalue weighted by molar-refractivity contribution is -0.153. The van der Waals surface area contributed by atoms with Gasteiger partial charge in [0.15, 0.2) is 6.10 Å². The van der Waals surface area contributed by atoms with Crippen LogP contribution in [-0.4, -0.2) is 24.6 Å². The van der Waals surface area contributed by atoms with Crippen molar-refractivity contribution in [1.82, 2.24) is 0 Å². The van der Waals surface area contributed by atoms with Gasteiger partial charge in [-0.05, 0) is 56.2 Å². The molecule has 0 saturated carbocycles. The molecule has 0 aromatic heterocycles. The van der Waals surface area contributed by atoms with Crippen molar-refractivity contribution in [2.24, 2.45) is 0 Å². The summed E-state index contributed by atoms with van der Waals surface area (Å²) < 4.78 is 10.8. The molecule has 0 saturated heterocycles. The van der Waals surface area contributed by atoms with Crippen LogP contribution in [0.1, 0.15) is 25.3 Å². The fourth-order valence-electron chi connectivity index (χ4n) is 2.25. The van der Waals surface area contributed by atoms with Gasteiger partial charge in [0.25, 0.3) is 5.91 Å². The van der Waals surface area contributed by atoms with Crippen LogP contribution in [0.3, 0.4) is 0 Å². The van der Waals surface area contributed by atoms with Crippen LogP contribution >= 0.6 is 11.6 Å². The molecule has 1 amide bonds. The number of carbonyl (C=O) groups is 2. The van der Waals surface area contributed by atoms with E-state index in [4.69, 9.17) is 21.1 Å². The summed E-state index contributed by atoms with van der Waals surface area (Å²) in [7, 11) is 0. The summed E-state index contributed by atoms with van der Waals surface area (Å²) in [5.41, 5.74) is 1.60. The van der Waals surface area contributed by atoms with Crippen molar-refractivity contribution in [2.45, 2.75) is 32.8 Å². The smallest absolute Gasteiger partial charge is 0.306 e. The normalized spacial score (nSPS) is 11.5. The molecule has 0 heterocycles. The fraction of sp³-hybridized carbons (Fsp3) is 0.300. The molecule has 1 N–H and O–H groups in total. The largest absolute Gasteiger partial charge is 0.493 e. The van der Waals surface area contributed by atoms with Gasteiger partial charge in [0.2, 0.25) is 0 Å². The average Bonchev–Trinajstić information content (AvgIpc) is 2.61. The Bertz CT molecular complexity index is 749. The number of halogens is 1. The summed E-state index contributed by atoms with van der Waals surface area (Å²) in [6, 6.07) is 14.4. The Morgan fingerprint density at radius 3 is 2.58 bits per heavy atom. The number of carbonyl (C=O) groups excluding carboxylic acids is 2.